The fraction of sp³-hybridized carbons (Fsp3) is 0.688. The molecule has 0 saturated heterocycles. The van der Waals surface area contributed by atoms with Gasteiger partial charge in [0.25, 0.3) is 0 Å². The van der Waals surface area contributed by atoms with Gasteiger partial charge in [0.1, 0.15) is 5.75 Å². The van der Waals surface area contributed by atoms with Crippen LogP contribution >= 0.6 is 0 Å². The van der Waals surface area contributed by atoms with Gasteiger partial charge in [-0.2, -0.15) is 0 Å². The number of pyridine rings is 1. The van der Waals surface area contributed by atoms with Gasteiger partial charge in [0, 0.05) is 36.0 Å². The molecule has 114 valence electrons. The zero-order valence-electron chi connectivity index (χ0n) is 13.5. The summed E-state index contributed by atoms with van der Waals surface area (Å²) in [6, 6.07) is 0. The minimum Gasteiger partial charge on any atom is -0.496 e. The van der Waals surface area contributed by atoms with Crippen LogP contribution in [0.1, 0.15) is 44.0 Å². The topological polar surface area (TPSA) is 51.6 Å². The number of methoxy groups -OCH3 is 1. The first-order chi connectivity index (χ1) is 9.39. The third-order valence-electron chi connectivity index (χ3n) is 4.02. The third-order valence-corrected chi connectivity index (χ3v) is 4.02. The number of hydrogen-bond acceptors (Lipinski definition) is 4. The van der Waals surface area contributed by atoms with Crippen LogP contribution in [0.3, 0.4) is 0 Å². The number of ether oxygens (including phenoxy) is 2. The summed E-state index contributed by atoms with van der Waals surface area (Å²) in [5, 5.41) is 10.5. The van der Waals surface area contributed by atoms with E-state index in [0.717, 1.165) is 29.0 Å². The van der Waals surface area contributed by atoms with Gasteiger partial charge in [0.2, 0.25) is 0 Å². The maximum atomic E-state index is 10.5. The van der Waals surface area contributed by atoms with Gasteiger partial charge in [-0.05, 0) is 34.1 Å². The second-order valence-corrected chi connectivity index (χ2v) is 5.37. The van der Waals surface area contributed by atoms with E-state index in [4.69, 9.17) is 9.47 Å². The van der Waals surface area contributed by atoms with Crippen molar-refractivity contribution in [2.24, 2.45) is 0 Å². The zero-order chi connectivity index (χ0) is 15.3. The Hall–Kier alpha value is -1.13. The van der Waals surface area contributed by atoms with Gasteiger partial charge in [-0.25, -0.2) is 0 Å². The first kappa shape index (κ1) is 16.9. The summed E-state index contributed by atoms with van der Waals surface area (Å²) >= 11 is 0. The van der Waals surface area contributed by atoms with Crippen LogP contribution in [0, 0.1) is 13.8 Å². The molecule has 0 saturated carbocycles. The normalized spacial score (nSPS) is 15.8. The Labute approximate surface area is 122 Å². The molecule has 2 atom stereocenters. The molecule has 0 amide bonds. The number of aryl methyl sites for hydroxylation is 1. The zero-order valence-corrected chi connectivity index (χ0v) is 13.5. The van der Waals surface area contributed by atoms with Gasteiger partial charge in [-0.1, -0.05) is 6.92 Å². The molecule has 0 aliphatic rings. The summed E-state index contributed by atoms with van der Waals surface area (Å²) in [5.74, 6) is 0.844. The quantitative estimate of drug-likeness (QED) is 0.835. The van der Waals surface area contributed by atoms with Crippen molar-refractivity contribution in [2.75, 3.05) is 13.7 Å². The van der Waals surface area contributed by atoms with E-state index in [1.807, 2.05) is 34.6 Å². The van der Waals surface area contributed by atoms with Gasteiger partial charge in [-0.15, -0.1) is 0 Å². The van der Waals surface area contributed by atoms with Crippen molar-refractivity contribution >= 4 is 0 Å². The highest BCUT2D eigenvalue weighted by molar-refractivity contribution is 5.41. The van der Waals surface area contributed by atoms with Crippen LogP contribution in [0.5, 0.6) is 5.75 Å². The number of rotatable bonds is 7. The highest BCUT2D eigenvalue weighted by Crippen LogP contribution is 2.28. The van der Waals surface area contributed by atoms with Crippen molar-refractivity contribution in [3.63, 3.8) is 0 Å². The van der Waals surface area contributed by atoms with Crippen molar-refractivity contribution in [3.8, 4) is 5.75 Å². The van der Waals surface area contributed by atoms with Crippen LogP contribution in [0.15, 0.2) is 6.20 Å². The lowest BCUT2D eigenvalue weighted by molar-refractivity contribution is -0.110. The average molecular weight is 281 g/mol. The maximum absolute atomic E-state index is 10.5. The van der Waals surface area contributed by atoms with Crippen molar-refractivity contribution < 1.29 is 14.6 Å². The lowest BCUT2D eigenvalue weighted by Crippen LogP contribution is -2.43. The summed E-state index contributed by atoms with van der Waals surface area (Å²) in [4.78, 5) is 4.44. The Morgan fingerprint density at radius 1 is 1.35 bits per heavy atom. The van der Waals surface area contributed by atoms with Crippen molar-refractivity contribution in [3.05, 3.63) is 23.0 Å². The molecule has 4 heteroatoms. The van der Waals surface area contributed by atoms with E-state index in [1.165, 1.54) is 0 Å². The van der Waals surface area contributed by atoms with E-state index >= 15 is 0 Å². The van der Waals surface area contributed by atoms with Gasteiger partial charge >= 0.3 is 0 Å². The molecule has 2 unspecified atom stereocenters. The van der Waals surface area contributed by atoms with Crippen LogP contribution in [0.4, 0.5) is 0 Å². The molecule has 0 aromatic carbocycles. The fourth-order valence-electron chi connectivity index (χ4n) is 2.44. The van der Waals surface area contributed by atoms with Crippen LogP contribution in [0.25, 0.3) is 0 Å². The second kappa shape index (κ2) is 7.04. The van der Waals surface area contributed by atoms with Gasteiger partial charge in [-0.3, -0.25) is 4.98 Å². The summed E-state index contributed by atoms with van der Waals surface area (Å²) in [7, 11) is 1.66. The first-order valence-corrected chi connectivity index (χ1v) is 7.20. The highest BCUT2D eigenvalue weighted by atomic mass is 16.5. The Kier molecular flexibility index (Phi) is 5.96. The van der Waals surface area contributed by atoms with E-state index < -0.39 is 11.7 Å². The largest absolute Gasteiger partial charge is 0.496 e. The first-order valence-electron chi connectivity index (χ1n) is 7.20. The number of aromatic nitrogens is 1. The maximum Gasteiger partial charge on any atom is 0.128 e. The lowest BCUT2D eigenvalue weighted by atomic mass is 9.91. The Balaban J connectivity index is 2.98. The van der Waals surface area contributed by atoms with E-state index in [0.29, 0.717) is 13.0 Å². The molecule has 4 nitrogen and oxygen atoms in total. The number of hydrogen-bond donors (Lipinski definition) is 1. The predicted molar refractivity (Wildman–Crippen MR) is 80.3 cm³/mol. The highest BCUT2D eigenvalue weighted by Gasteiger charge is 2.32. The van der Waals surface area contributed by atoms with Crippen molar-refractivity contribution in [1.82, 2.24) is 4.98 Å². The molecular weight excluding hydrogens is 254 g/mol. The van der Waals surface area contributed by atoms with E-state index in [1.54, 1.807) is 13.3 Å². The number of aliphatic hydroxyl groups is 1. The minimum absolute atomic E-state index is 0.465. The number of aliphatic hydroxyl groups excluding tert-OH is 1. The molecule has 0 spiro atoms. The lowest BCUT2D eigenvalue weighted by Gasteiger charge is -2.33. The smallest absolute Gasteiger partial charge is 0.128 e. The van der Waals surface area contributed by atoms with Crippen molar-refractivity contribution in [1.29, 1.82) is 0 Å². The minimum atomic E-state index is -0.592. The molecule has 0 radical (unpaired) electrons. The Bertz CT molecular complexity index is 448. The third kappa shape index (κ3) is 3.49. The number of nitrogens with zero attached hydrogens (tertiary/aromatic N) is 1. The molecular formula is C16H27NO3. The van der Waals surface area contributed by atoms with Crippen molar-refractivity contribution in [2.45, 2.75) is 59.2 Å². The predicted octanol–water partition coefficient (Wildman–Crippen LogP) is 2.82. The molecule has 1 aromatic heterocycles. The Morgan fingerprint density at radius 3 is 2.50 bits per heavy atom. The van der Waals surface area contributed by atoms with Crippen LogP contribution in [-0.2, 0) is 11.2 Å². The molecule has 1 aromatic rings. The SMILES string of the molecule is CCOC(C)(CC)C(O)Cc1ncc(C)c(OC)c1C. The van der Waals surface area contributed by atoms with E-state index in [-0.39, 0.29) is 0 Å². The molecule has 0 aliphatic heterocycles. The monoisotopic (exact) mass is 281 g/mol. The Morgan fingerprint density at radius 2 is 2.00 bits per heavy atom. The molecule has 0 bridgehead atoms. The second-order valence-electron chi connectivity index (χ2n) is 5.37. The molecule has 1 N–H and O–H groups in total. The summed E-state index contributed by atoms with van der Waals surface area (Å²) in [6.45, 7) is 10.4. The summed E-state index contributed by atoms with van der Waals surface area (Å²) in [6.07, 6.45) is 2.42. The van der Waals surface area contributed by atoms with E-state index in [9.17, 15) is 5.11 Å². The van der Waals surface area contributed by atoms with Crippen LogP contribution in [-0.4, -0.2) is 35.5 Å². The molecule has 1 heterocycles. The van der Waals surface area contributed by atoms with Gasteiger partial charge < -0.3 is 14.6 Å². The average Bonchev–Trinajstić information content (AvgIpc) is 2.42. The molecule has 0 fully saturated rings. The molecule has 20 heavy (non-hydrogen) atoms. The summed E-state index contributed by atoms with van der Waals surface area (Å²) < 4.78 is 11.1. The standard InChI is InChI=1S/C16H27NO3/c1-7-16(5,20-8-2)14(18)9-13-12(4)15(19-6)11(3)10-17-13/h10,14,18H,7-9H2,1-6H3. The molecule has 0 aliphatic carbocycles. The fourth-order valence-corrected chi connectivity index (χ4v) is 2.44. The molecule has 1 rings (SSSR count). The van der Waals surface area contributed by atoms with E-state index in [2.05, 4.69) is 4.98 Å². The van der Waals surface area contributed by atoms with Gasteiger partial charge in [0.15, 0.2) is 0 Å². The van der Waals surface area contributed by atoms with Crippen LogP contribution < -0.4 is 4.74 Å². The summed E-state index contributed by atoms with van der Waals surface area (Å²) in [5.41, 5.74) is 2.31. The van der Waals surface area contributed by atoms with Crippen LogP contribution in [0.2, 0.25) is 0 Å². The van der Waals surface area contributed by atoms with Gasteiger partial charge in [0.05, 0.1) is 18.8 Å².